The van der Waals surface area contributed by atoms with E-state index in [2.05, 4.69) is 25.5 Å². The van der Waals surface area contributed by atoms with Crippen LogP contribution >= 0.6 is 0 Å². The van der Waals surface area contributed by atoms with E-state index >= 15 is 0 Å². The van der Waals surface area contributed by atoms with E-state index in [9.17, 15) is 4.79 Å². The molecule has 136 valence electrons. The quantitative estimate of drug-likeness (QED) is 0.590. The van der Waals surface area contributed by atoms with Crippen LogP contribution in [0.2, 0.25) is 0 Å². The van der Waals surface area contributed by atoms with Crippen LogP contribution in [0.4, 0.5) is 5.82 Å². The highest BCUT2D eigenvalue weighted by atomic mass is 16.1. The fraction of sp³-hybridized carbons (Fsp3) is 0.211. The molecule has 0 saturated carbocycles. The van der Waals surface area contributed by atoms with Crippen LogP contribution in [0.5, 0.6) is 0 Å². The number of benzene rings is 1. The van der Waals surface area contributed by atoms with Crippen molar-refractivity contribution in [2.45, 2.75) is 26.7 Å². The van der Waals surface area contributed by atoms with Crippen molar-refractivity contribution in [1.29, 1.82) is 0 Å². The van der Waals surface area contributed by atoms with Gasteiger partial charge in [0.25, 0.3) is 0 Å². The summed E-state index contributed by atoms with van der Waals surface area (Å²) in [6, 6.07) is 11.6. The third-order valence-electron chi connectivity index (χ3n) is 4.12. The highest BCUT2D eigenvalue weighted by molar-refractivity contribution is 5.91. The molecule has 8 nitrogen and oxygen atoms in total. The summed E-state index contributed by atoms with van der Waals surface area (Å²) in [5.74, 6) is 1.10. The van der Waals surface area contributed by atoms with Gasteiger partial charge >= 0.3 is 0 Å². The Hall–Kier alpha value is -3.55. The van der Waals surface area contributed by atoms with Crippen molar-refractivity contribution in [3.63, 3.8) is 0 Å². The van der Waals surface area contributed by atoms with Gasteiger partial charge in [-0.1, -0.05) is 25.1 Å². The summed E-state index contributed by atoms with van der Waals surface area (Å²) in [6.07, 6.45) is 4.43. The SMILES string of the molecule is CCCC(=O)Nc1cc(C)nn1-c1ncnc2c1cnn2-c1ccccc1. The second-order valence-corrected chi connectivity index (χ2v) is 6.21. The van der Waals surface area contributed by atoms with Gasteiger partial charge in [-0.05, 0) is 25.5 Å². The third kappa shape index (κ3) is 3.17. The highest BCUT2D eigenvalue weighted by Crippen LogP contribution is 2.24. The molecule has 1 amide bonds. The summed E-state index contributed by atoms with van der Waals surface area (Å²) >= 11 is 0. The zero-order valence-corrected chi connectivity index (χ0v) is 15.1. The van der Waals surface area contributed by atoms with E-state index in [1.54, 1.807) is 15.6 Å². The molecular weight excluding hydrogens is 342 g/mol. The van der Waals surface area contributed by atoms with Crippen LogP contribution in [-0.2, 0) is 4.79 Å². The average molecular weight is 361 g/mol. The highest BCUT2D eigenvalue weighted by Gasteiger charge is 2.17. The number of hydrogen-bond acceptors (Lipinski definition) is 5. The minimum Gasteiger partial charge on any atom is -0.311 e. The van der Waals surface area contributed by atoms with Crippen LogP contribution in [0.25, 0.3) is 22.5 Å². The predicted octanol–water partition coefficient (Wildman–Crippen LogP) is 3.05. The molecule has 0 atom stereocenters. The number of aromatic nitrogens is 6. The molecule has 0 aliphatic carbocycles. The molecule has 1 N–H and O–H groups in total. The fourth-order valence-electron chi connectivity index (χ4n) is 2.94. The molecule has 3 heterocycles. The molecule has 0 saturated heterocycles. The van der Waals surface area contributed by atoms with E-state index in [4.69, 9.17) is 0 Å². The second-order valence-electron chi connectivity index (χ2n) is 6.21. The van der Waals surface area contributed by atoms with Crippen molar-refractivity contribution < 1.29 is 4.79 Å². The summed E-state index contributed by atoms with van der Waals surface area (Å²) in [7, 11) is 0. The van der Waals surface area contributed by atoms with Crippen molar-refractivity contribution in [2.24, 2.45) is 0 Å². The van der Waals surface area contributed by atoms with Crippen molar-refractivity contribution in [1.82, 2.24) is 29.5 Å². The first-order chi connectivity index (χ1) is 13.2. The van der Waals surface area contributed by atoms with Gasteiger partial charge in [0.05, 0.1) is 23.0 Å². The molecule has 0 aliphatic heterocycles. The maximum Gasteiger partial charge on any atom is 0.225 e. The Kier molecular flexibility index (Phi) is 4.37. The van der Waals surface area contributed by atoms with Crippen LogP contribution in [0.1, 0.15) is 25.5 Å². The number of anilines is 1. The number of aryl methyl sites for hydroxylation is 1. The number of fused-ring (bicyclic) bond motifs is 1. The van der Waals surface area contributed by atoms with E-state index in [1.165, 1.54) is 6.33 Å². The van der Waals surface area contributed by atoms with E-state index in [0.29, 0.717) is 23.7 Å². The van der Waals surface area contributed by atoms with Crippen molar-refractivity contribution >= 4 is 22.8 Å². The number of hydrogen-bond donors (Lipinski definition) is 1. The molecule has 27 heavy (non-hydrogen) atoms. The van der Waals surface area contributed by atoms with Gasteiger partial charge in [0.2, 0.25) is 5.91 Å². The second kappa shape index (κ2) is 6.99. The zero-order valence-electron chi connectivity index (χ0n) is 15.1. The minimum atomic E-state index is -0.0519. The monoisotopic (exact) mass is 361 g/mol. The molecule has 0 radical (unpaired) electrons. The number of rotatable bonds is 5. The van der Waals surface area contributed by atoms with Crippen molar-refractivity contribution in [3.8, 4) is 11.5 Å². The first-order valence-corrected chi connectivity index (χ1v) is 8.78. The molecule has 4 rings (SSSR count). The normalized spacial score (nSPS) is 11.0. The van der Waals surface area contributed by atoms with Gasteiger partial charge in [-0.2, -0.15) is 14.9 Å². The first kappa shape index (κ1) is 16.9. The van der Waals surface area contributed by atoms with Gasteiger partial charge in [0, 0.05) is 12.5 Å². The Labute approximate surface area is 155 Å². The van der Waals surface area contributed by atoms with Crippen molar-refractivity contribution in [3.05, 3.63) is 54.6 Å². The molecule has 0 aliphatic rings. The van der Waals surface area contributed by atoms with Gasteiger partial charge in [-0.25, -0.2) is 14.6 Å². The Morgan fingerprint density at radius 2 is 1.96 bits per heavy atom. The van der Waals surface area contributed by atoms with Crippen LogP contribution in [-0.4, -0.2) is 35.4 Å². The third-order valence-corrected chi connectivity index (χ3v) is 4.12. The molecular formula is C19H19N7O. The molecule has 0 unspecified atom stereocenters. The number of carbonyl (C=O) groups excluding carboxylic acids is 1. The fourth-order valence-corrected chi connectivity index (χ4v) is 2.94. The lowest BCUT2D eigenvalue weighted by Gasteiger charge is -2.09. The summed E-state index contributed by atoms with van der Waals surface area (Å²) in [5, 5.41) is 12.6. The summed E-state index contributed by atoms with van der Waals surface area (Å²) in [5.41, 5.74) is 2.36. The molecule has 4 aromatic rings. The predicted molar refractivity (Wildman–Crippen MR) is 102 cm³/mol. The van der Waals surface area contributed by atoms with Crippen molar-refractivity contribution in [2.75, 3.05) is 5.32 Å². The lowest BCUT2D eigenvalue weighted by Crippen LogP contribution is -2.15. The van der Waals surface area contributed by atoms with Gasteiger partial charge in [-0.15, -0.1) is 0 Å². The Morgan fingerprint density at radius 3 is 2.74 bits per heavy atom. The Balaban J connectivity index is 1.82. The lowest BCUT2D eigenvalue weighted by atomic mass is 10.3. The first-order valence-electron chi connectivity index (χ1n) is 8.78. The molecule has 0 spiro atoms. The van der Waals surface area contributed by atoms with E-state index in [-0.39, 0.29) is 5.91 Å². The molecule has 0 bridgehead atoms. The van der Waals surface area contributed by atoms with E-state index in [1.807, 2.05) is 50.2 Å². The largest absolute Gasteiger partial charge is 0.311 e. The number of nitrogens with zero attached hydrogens (tertiary/aromatic N) is 6. The lowest BCUT2D eigenvalue weighted by molar-refractivity contribution is -0.116. The average Bonchev–Trinajstić information content (AvgIpc) is 3.26. The number of carbonyl (C=O) groups is 1. The van der Waals surface area contributed by atoms with Crippen LogP contribution in [0.3, 0.4) is 0 Å². The van der Waals surface area contributed by atoms with Crippen LogP contribution < -0.4 is 5.32 Å². The summed E-state index contributed by atoms with van der Waals surface area (Å²) in [4.78, 5) is 20.8. The topological polar surface area (TPSA) is 90.5 Å². The van der Waals surface area contributed by atoms with E-state index in [0.717, 1.165) is 23.2 Å². The molecule has 3 aromatic heterocycles. The maximum atomic E-state index is 12.1. The standard InChI is InChI=1S/C19H19N7O/c1-3-7-17(27)23-16-10-13(2)24-26(16)19-15-11-22-25(18(15)20-12-21-19)14-8-5-4-6-9-14/h4-6,8-12H,3,7H2,1-2H3,(H,23,27). The summed E-state index contributed by atoms with van der Waals surface area (Å²) < 4.78 is 3.39. The minimum absolute atomic E-state index is 0.0519. The van der Waals surface area contributed by atoms with Crippen LogP contribution in [0.15, 0.2) is 48.9 Å². The number of para-hydroxylation sites is 1. The van der Waals surface area contributed by atoms with Gasteiger partial charge in [-0.3, -0.25) is 4.79 Å². The number of nitrogens with one attached hydrogen (secondary N) is 1. The smallest absolute Gasteiger partial charge is 0.225 e. The molecule has 1 aromatic carbocycles. The van der Waals surface area contributed by atoms with Gasteiger partial charge < -0.3 is 5.32 Å². The molecule has 0 fully saturated rings. The Bertz CT molecular complexity index is 1100. The molecule has 8 heteroatoms. The zero-order chi connectivity index (χ0) is 18.8. The van der Waals surface area contributed by atoms with Crippen LogP contribution in [0, 0.1) is 6.92 Å². The Morgan fingerprint density at radius 1 is 1.15 bits per heavy atom. The van der Waals surface area contributed by atoms with E-state index < -0.39 is 0 Å². The maximum absolute atomic E-state index is 12.1. The summed E-state index contributed by atoms with van der Waals surface area (Å²) in [6.45, 7) is 3.84. The van der Waals surface area contributed by atoms with Gasteiger partial charge in [0.1, 0.15) is 12.1 Å². The number of amides is 1. The van der Waals surface area contributed by atoms with Gasteiger partial charge in [0.15, 0.2) is 11.5 Å².